The van der Waals surface area contributed by atoms with Gasteiger partial charge in [-0.3, -0.25) is 0 Å². The van der Waals surface area contributed by atoms with Crippen LogP contribution >= 0.6 is 0 Å². The second-order valence-electron chi connectivity index (χ2n) is 4.70. The van der Waals surface area contributed by atoms with Gasteiger partial charge in [-0.15, -0.1) is 0 Å². The van der Waals surface area contributed by atoms with Crippen molar-refractivity contribution in [1.82, 2.24) is 0 Å². The summed E-state index contributed by atoms with van der Waals surface area (Å²) >= 11 is 0. The predicted molar refractivity (Wildman–Crippen MR) is 62.3 cm³/mol. The molecule has 0 aliphatic heterocycles. The van der Waals surface area contributed by atoms with E-state index >= 15 is 0 Å². The smallest absolute Gasteiger partial charge is 0.167 e. The van der Waals surface area contributed by atoms with E-state index in [2.05, 4.69) is 0 Å². The molecular formula is C13H19FO2. The highest BCUT2D eigenvalue weighted by molar-refractivity contribution is 5.29. The zero-order valence-electron chi connectivity index (χ0n) is 10.3. The van der Waals surface area contributed by atoms with Crippen LogP contribution in [0.5, 0.6) is 5.75 Å². The maximum atomic E-state index is 13.5. The molecule has 0 aliphatic carbocycles. The van der Waals surface area contributed by atoms with E-state index in [9.17, 15) is 4.39 Å². The van der Waals surface area contributed by atoms with Crippen LogP contribution in [0.2, 0.25) is 0 Å². The molecule has 0 saturated heterocycles. The molecule has 16 heavy (non-hydrogen) atoms. The van der Waals surface area contributed by atoms with Crippen LogP contribution in [0.3, 0.4) is 0 Å². The van der Waals surface area contributed by atoms with Crippen LogP contribution < -0.4 is 4.74 Å². The van der Waals surface area contributed by atoms with Crippen molar-refractivity contribution in [3.8, 4) is 5.75 Å². The quantitative estimate of drug-likeness (QED) is 0.733. The van der Waals surface area contributed by atoms with Gasteiger partial charge < -0.3 is 9.47 Å². The first kappa shape index (κ1) is 13.0. The standard InChI is InChI=1S/C13H19FO2/c1-10-6-5-7-11(12(10)14)15-8-9-16-13(2,3)4/h5-7H,8-9H2,1-4H3. The average Bonchev–Trinajstić information content (AvgIpc) is 2.17. The molecule has 90 valence electrons. The molecule has 0 unspecified atom stereocenters. The Balaban J connectivity index is 2.41. The first-order valence-electron chi connectivity index (χ1n) is 5.42. The first-order valence-corrected chi connectivity index (χ1v) is 5.42. The fraction of sp³-hybridized carbons (Fsp3) is 0.538. The number of rotatable bonds is 4. The lowest BCUT2D eigenvalue weighted by Crippen LogP contribution is -2.22. The minimum absolute atomic E-state index is 0.186. The molecule has 0 heterocycles. The molecule has 0 aromatic heterocycles. The van der Waals surface area contributed by atoms with Crippen LogP contribution in [0, 0.1) is 12.7 Å². The summed E-state index contributed by atoms with van der Waals surface area (Å²) in [6, 6.07) is 5.12. The third-order valence-electron chi connectivity index (χ3n) is 2.03. The Labute approximate surface area is 96.4 Å². The number of hydrogen-bond donors (Lipinski definition) is 0. The van der Waals surface area contributed by atoms with Crippen molar-refractivity contribution >= 4 is 0 Å². The normalized spacial score (nSPS) is 11.6. The van der Waals surface area contributed by atoms with Crippen LogP contribution in [-0.2, 0) is 4.74 Å². The Morgan fingerprint density at radius 2 is 1.88 bits per heavy atom. The van der Waals surface area contributed by atoms with Gasteiger partial charge in [0.1, 0.15) is 6.61 Å². The molecule has 2 nitrogen and oxygen atoms in total. The minimum atomic E-state index is -0.293. The summed E-state index contributed by atoms with van der Waals surface area (Å²) in [4.78, 5) is 0. The monoisotopic (exact) mass is 226 g/mol. The Bertz CT molecular complexity index is 342. The maximum Gasteiger partial charge on any atom is 0.167 e. The van der Waals surface area contributed by atoms with Gasteiger partial charge in [-0.2, -0.15) is 0 Å². The first-order chi connectivity index (χ1) is 7.40. The average molecular weight is 226 g/mol. The second kappa shape index (κ2) is 5.30. The highest BCUT2D eigenvalue weighted by atomic mass is 19.1. The van der Waals surface area contributed by atoms with Gasteiger partial charge in [0, 0.05) is 0 Å². The molecule has 0 spiro atoms. The molecule has 0 atom stereocenters. The maximum absolute atomic E-state index is 13.5. The van der Waals surface area contributed by atoms with Crippen molar-refractivity contribution in [3.63, 3.8) is 0 Å². The number of halogens is 1. The predicted octanol–water partition coefficient (Wildman–Crippen LogP) is 3.33. The fourth-order valence-corrected chi connectivity index (χ4v) is 1.23. The summed E-state index contributed by atoms with van der Waals surface area (Å²) < 4.78 is 24.3. The van der Waals surface area contributed by atoms with E-state index in [-0.39, 0.29) is 17.2 Å². The highest BCUT2D eigenvalue weighted by Crippen LogP contribution is 2.19. The van der Waals surface area contributed by atoms with Crippen molar-refractivity contribution < 1.29 is 13.9 Å². The minimum Gasteiger partial charge on any atom is -0.488 e. The number of ether oxygens (including phenoxy) is 2. The summed E-state index contributed by atoms with van der Waals surface area (Å²) in [5, 5.41) is 0. The molecule has 0 bridgehead atoms. The van der Waals surface area contributed by atoms with E-state index in [0.717, 1.165) is 0 Å². The summed E-state index contributed by atoms with van der Waals surface area (Å²) in [7, 11) is 0. The lowest BCUT2D eigenvalue weighted by molar-refractivity contribution is -0.0166. The third-order valence-corrected chi connectivity index (χ3v) is 2.03. The molecular weight excluding hydrogens is 207 g/mol. The number of aryl methyl sites for hydroxylation is 1. The van der Waals surface area contributed by atoms with Gasteiger partial charge in [-0.05, 0) is 39.3 Å². The van der Waals surface area contributed by atoms with E-state index in [0.29, 0.717) is 18.8 Å². The summed E-state index contributed by atoms with van der Waals surface area (Å²) in [5.41, 5.74) is 0.406. The number of hydrogen-bond acceptors (Lipinski definition) is 2. The lowest BCUT2D eigenvalue weighted by Gasteiger charge is -2.19. The fourth-order valence-electron chi connectivity index (χ4n) is 1.23. The zero-order chi connectivity index (χ0) is 12.2. The van der Waals surface area contributed by atoms with E-state index in [4.69, 9.17) is 9.47 Å². The van der Waals surface area contributed by atoms with E-state index < -0.39 is 0 Å². The molecule has 0 radical (unpaired) electrons. The molecule has 0 aliphatic rings. The number of benzene rings is 1. The SMILES string of the molecule is Cc1cccc(OCCOC(C)(C)C)c1F. The van der Waals surface area contributed by atoms with Crippen LogP contribution in [0.15, 0.2) is 18.2 Å². The largest absolute Gasteiger partial charge is 0.488 e. The molecule has 1 aromatic rings. The molecule has 0 N–H and O–H groups in total. The molecule has 0 saturated carbocycles. The molecule has 0 fully saturated rings. The van der Waals surface area contributed by atoms with E-state index in [1.807, 2.05) is 20.8 Å². The summed E-state index contributed by atoms with van der Waals surface area (Å²) in [6.07, 6.45) is 0. The van der Waals surface area contributed by atoms with Gasteiger partial charge in [0.2, 0.25) is 0 Å². The topological polar surface area (TPSA) is 18.5 Å². The van der Waals surface area contributed by atoms with Gasteiger partial charge in [0.05, 0.1) is 12.2 Å². The van der Waals surface area contributed by atoms with Crippen molar-refractivity contribution in [2.24, 2.45) is 0 Å². The Morgan fingerprint density at radius 1 is 1.19 bits per heavy atom. The van der Waals surface area contributed by atoms with Crippen molar-refractivity contribution in [1.29, 1.82) is 0 Å². The van der Waals surface area contributed by atoms with Crippen LogP contribution in [-0.4, -0.2) is 18.8 Å². The zero-order valence-corrected chi connectivity index (χ0v) is 10.3. The van der Waals surface area contributed by atoms with Gasteiger partial charge in [0.25, 0.3) is 0 Å². The second-order valence-corrected chi connectivity index (χ2v) is 4.70. The summed E-state index contributed by atoms with van der Waals surface area (Å²) in [6.45, 7) is 8.45. The van der Waals surface area contributed by atoms with Gasteiger partial charge in [0.15, 0.2) is 11.6 Å². The van der Waals surface area contributed by atoms with E-state index in [1.165, 1.54) is 0 Å². The Hall–Kier alpha value is -1.09. The molecule has 1 rings (SSSR count). The Morgan fingerprint density at radius 3 is 2.50 bits per heavy atom. The Kier molecular flexibility index (Phi) is 4.30. The molecule has 1 aromatic carbocycles. The van der Waals surface area contributed by atoms with E-state index in [1.54, 1.807) is 25.1 Å². The lowest BCUT2D eigenvalue weighted by atomic mass is 10.2. The van der Waals surface area contributed by atoms with Crippen molar-refractivity contribution in [3.05, 3.63) is 29.6 Å². The molecule has 3 heteroatoms. The van der Waals surface area contributed by atoms with Gasteiger partial charge in [-0.1, -0.05) is 12.1 Å². The van der Waals surface area contributed by atoms with Crippen LogP contribution in [0.1, 0.15) is 26.3 Å². The van der Waals surface area contributed by atoms with Crippen molar-refractivity contribution in [2.45, 2.75) is 33.3 Å². The summed E-state index contributed by atoms with van der Waals surface area (Å²) in [5.74, 6) is -0.00392. The third kappa shape index (κ3) is 4.19. The van der Waals surface area contributed by atoms with Crippen LogP contribution in [0.4, 0.5) is 4.39 Å². The van der Waals surface area contributed by atoms with Crippen LogP contribution in [0.25, 0.3) is 0 Å². The van der Waals surface area contributed by atoms with Gasteiger partial charge >= 0.3 is 0 Å². The highest BCUT2D eigenvalue weighted by Gasteiger charge is 2.10. The van der Waals surface area contributed by atoms with Crippen molar-refractivity contribution in [2.75, 3.05) is 13.2 Å². The van der Waals surface area contributed by atoms with Gasteiger partial charge in [-0.25, -0.2) is 4.39 Å². The molecule has 0 amide bonds.